The lowest BCUT2D eigenvalue weighted by Crippen LogP contribution is -2.32. The first-order chi connectivity index (χ1) is 12.0. The molecule has 0 bridgehead atoms. The Balaban J connectivity index is 2.18. The number of aliphatic hydroxyl groups is 2. The number of aliphatic hydroxyl groups excluding tert-OH is 2. The highest BCUT2D eigenvalue weighted by Gasteiger charge is 2.38. The largest absolute Gasteiger partial charge is 0.394 e. The number of nitrogens with zero attached hydrogens (tertiary/aromatic N) is 4. The Morgan fingerprint density at radius 3 is 2.88 bits per heavy atom. The fraction of sp³-hybridized carbons (Fsp3) is 0.571. The monoisotopic (exact) mass is 350 g/mol. The van der Waals surface area contributed by atoms with Gasteiger partial charge in [-0.2, -0.15) is 10.2 Å². The Bertz CT molecular complexity index is 938. The molecule has 3 rings (SSSR count). The molecular formula is C14H18N6O5. The SMILES string of the molecule is N#CCCCn1c(=O)n([C@@H]2O[C@H](CO)C[C@H]2O)c2nc(N)[nH]c(=O)c21. The van der Waals surface area contributed by atoms with Crippen LogP contribution in [-0.4, -0.2) is 48.1 Å². The highest BCUT2D eigenvalue weighted by atomic mass is 16.5. The van der Waals surface area contributed by atoms with Crippen LogP contribution in [0.2, 0.25) is 0 Å². The van der Waals surface area contributed by atoms with Gasteiger partial charge in [-0.1, -0.05) is 0 Å². The van der Waals surface area contributed by atoms with E-state index in [9.17, 15) is 19.8 Å². The van der Waals surface area contributed by atoms with Gasteiger partial charge in [-0.15, -0.1) is 0 Å². The van der Waals surface area contributed by atoms with Gasteiger partial charge in [0.25, 0.3) is 5.56 Å². The third kappa shape index (κ3) is 2.91. The zero-order valence-electron chi connectivity index (χ0n) is 13.3. The second-order valence-corrected chi connectivity index (χ2v) is 5.82. The molecule has 3 atom stereocenters. The molecule has 5 N–H and O–H groups in total. The van der Waals surface area contributed by atoms with Crippen LogP contribution in [-0.2, 0) is 11.3 Å². The molecule has 0 spiro atoms. The topological polar surface area (TPSA) is 172 Å². The first kappa shape index (κ1) is 17.2. The van der Waals surface area contributed by atoms with Crippen LogP contribution in [0, 0.1) is 11.3 Å². The van der Waals surface area contributed by atoms with E-state index in [0.29, 0.717) is 6.42 Å². The summed E-state index contributed by atoms with van der Waals surface area (Å²) in [5.41, 5.74) is 4.38. The maximum absolute atomic E-state index is 12.8. The summed E-state index contributed by atoms with van der Waals surface area (Å²) in [6.45, 7) is -0.171. The molecule has 1 saturated heterocycles. The molecule has 2 aromatic heterocycles. The lowest BCUT2D eigenvalue weighted by Gasteiger charge is -2.15. The highest BCUT2D eigenvalue weighted by molar-refractivity contribution is 5.71. The summed E-state index contributed by atoms with van der Waals surface area (Å²) in [4.78, 5) is 31.5. The molecule has 0 saturated carbocycles. The number of aryl methyl sites for hydroxylation is 1. The normalized spacial score (nSPS) is 23.2. The van der Waals surface area contributed by atoms with Gasteiger partial charge in [0.15, 0.2) is 17.4 Å². The summed E-state index contributed by atoms with van der Waals surface area (Å²) in [5, 5.41) is 28.1. The lowest BCUT2D eigenvalue weighted by molar-refractivity contribution is -0.0505. The zero-order valence-corrected chi connectivity index (χ0v) is 13.3. The fourth-order valence-corrected chi connectivity index (χ4v) is 3.03. The molecular weight excluding hydrogens is 332 g/mol. The zero-order chi connectivity index (χ0) is 18.1. The summed E-state index contributed by atoms with van der Waals surface area (Å²) in [6.07, 6.45) is -2.02. The number of aromatic nitrogens is 4. The van der Waals surface area contributed by atoms with Gasteiger partial charge in [0, 0.05) is 19.4 Å². The first-order valence-electron chi connectivity index (χ1n) is 7.79. The van der Waals surface area contributed by atoms with Crippen LogP contribution in [0.25, 0.3) is 11.2 Å². The van der Waals surface area contributed by atoms with E-state index in [1.165, 1.54) is 4.57 Å². The van der Waals surface area contributed by atoms with Crippen molar-refractivity contribution < 1.29 is 14.9 Å². The van der Waals surface area contributed by atoms with Crippen molar-refractivity contribution in [1.82, 2.24) is 19.1 Å². The molecule has 11 nitrogen and oxygen atoms in total. The van der Waals surface area contributed by atoms with Crippen LogP contribution in [0.3, 0.4) is 0 Å². The van der Waals surface area contributed by atoms with Gasteiger partial charge in [-0.05, 0) is 6.42 Å². The minimum atomic E-state index is -1.09. The predicted molar refractivity (Wildman–Crippen MR) is 85.5 cm³/mol. The predicted octanol–water partition coefficient (Wildman–Crippen LogP) is -1.59. The quantitative estimate of drug-likeness (QED) is 0.467. The Hall–Kier alpha value is -2.68. The molecule has 1 fully saturated rings. The van der Waals surface area contributed by atoms with E-state index in [0.717, 1.165) is 4.57 Å². The van der Waals surface area contributed by atoms with Gasteiger partial charge in [0.05, 0.1) is 18.8 Å². The average molecular weight is 350 g/mol. The molecule has 25 heavy (non-hydrogen) atoms. The second-order valence-electron chi connectivity index (χ2n) is 5.82. The van der Waals surface area contributed by atoms with Gasteiger partial charge >= 0.3 is 5.69 Å². The van der Waals surface area contributed by atoms with E-state index >= 15 is 0 Å². The maximum Gasteiger partial charge on any atom is 0.332 e. The van der Waals surface area contributed by atoms with Gasteiger partial charge in [-0.25, -0.2) is 9.36 Å². The number of H-pyrrole nitrogens is 1. The van der Waals surface area contributed by atoms with Crippen LogP contribution in [0.5, 0.6) is 0 Å². The van der Waals surface area contributed by atoms with Crippen LogP contribution in [0.4, 0.5) is 5.95 Å². The average Bonchev–Trinajstić information content (AvgIpc) is 3.05. The number of ether oxygens (including phenoxy) is 1. The van der Waals surface area contributed by atoms with E-state index < -0.39 is 29.7 Å². The molecule has 134 valence electrons. The van der Waals surface area contributed by atoms with Crippen molar-refractivity contribution in [2.45, 2.75) is 44.2 Å². The van der Waals surface area contributed by atoms with Crippen molar-refractivity contribution in [2.24, 2.45) is 0 Å². The number of nitrogen functional groups attached to an aromatic ring is 1. The number of imidazole rings is 1. The summed E-state index contributed by atoms with van der Waals surface area (Å²) in [6, 6.07) is 1.98. The second kappa shape index (κ2) is 6.67. The van der Waals surface area contributed by atoms with Crippen LogP contribution in [0.15, 0.2) is 9.59 Å². The third-order valence-corrected chi connectivity index (χ3v) is 4.12. The number of nitrogens with two attached hydrogens (primary N) is 1. The number of nitrogens with one attached hydrogen (secondary N) is 1. The van der Waals surface area contributed by atoms with E-state index in [1.807, 2.05) is 6.07 Å². The molecule has 2 aromatic rings. The minimum Gasteiger partial charge on any atom is -0.394 e. The Morgan fingerprint density at radius 1 is 1.48 bits per heavy atom. The number of hydrogen-bond donors (Lipinski definition) is 4. The Kier molecular flexibility index (Phi) is 4.58. The van der Waals surface area contributed by atoms with E-state index in [1.54, 1.807) is 0 Å². The van der Waals surface area contributed by atoms with E-state index in [2.05, 4.69) is 9.97 Å². The fourth-order valence-electron chi connectivity index (χ4n) is 3.03. The van der Waals surface area contributed by atoms with Crippen LogP contribution >= 0.6 is 0 Å². The van der Waals surface area contributed by atoms with E-state index in [4.69, 9.17) is 15.7 Å². The van der Waals surface area contributed by atoms with Gasteiger partial charge in [0.2, 0.25) is 5.95 Å². The lowest BCUT2D eigenvalue weighted by atomic mass is 10.2. The molecule has 11 heteroatoms. The van der Waals surface area contributed by atoms with Gasteiger partial charge in [0.1, 0.15) is 6.10 Å². The molecule has 3 heterocycles. The molecule has 0 aliphatic carbocycles. The molecule has 1 aliphatic rings. The summed E-state index contributed by atoms with van der Waals surface area (Å²) in [5.74, 6) is -0.174. The number of unbranched alkanes of at least 4 members (excludes halogenated alkanes) is 1. The Labute approximate surface area is 140 Å². The molecule has 0 radical (unpaired) electrons. The van der Waals surface area contributed by atoms with Crippen molar-refractivity contribution in [3.05, 3.63) is 20.8 Å². The molecule has 0 aromatic carbocycles. The van der Waals surface area contributed by atoms with E-state index in [-0.39, 0.29) is 43.1 Å². The van der Waals surface area contributed by atoms with Crippen LogP contribution < -0.4 is 17.0 Å². The summed E-state index contributed by atoms with van der Waals surface area (Å²) in [7, 11) is 0. The number of rotatable bonds is 5. The number of nitriles is 1. The van der Waals surface area contributed by atoms with Crippen molar-refractivity contribution >= 4 is 17.1 Å². The molecule has 1 aliphatic heterocycles. The maximum atomic E-state index is 12.8. The molecule has 0 amide bonds. The van der Waals surface area contributed by atoms with Crippen molar-refractivity contribution in [2.75, 3.05) is 12.3 Å². The standard InChI is InChI=1S/C14H18N6O5/c15-3-1-2-4-19-9-10(17-13(16)18-11(9)23)20(14(19)24)12-8(22)5-7(6-21)25-12/h7-8,12,21-22H,1-2,4-6H2,(H3,16,17,18,23)/t7-,8+,12+/m0/s1. The summed E-state index contributed by atoms with van der Waals surface area (Å²) >= 11 is 0. The van der Waals surface area contributed by atoms with Crippen molar-refractivity contribution in [1.29, 1.82) is 5.26 Å². The van der Waals surface area contributed by atoms with Crippen molar-refractivity contribution in [3.8, 4) is 6.07 Å². The third-order valence-electron chi connectivity index (χ3n) is 4.12. The minimum absolute atomic E-state index is 0.000360. The first-order valence-corrected chi connectivity index (χ1v) is 7.79. The number of anilines is 1. The Morgan fingerprint density at radius 2 is 2.24 bits per heavy atom. The molecule has 0 unspecified atom stereocenters. The number of fused-ring (bicyclic) bond motifs is 1. The summed E-state index contributed by atoms with van der Waals surface area (Å²) < 4.78 is 7.79. The van der Waals surface area contributed by atoms with Crippen LogP contribution in [0.1, 0.15) is 25.5 Å². The number of aromatic amines is 1. The van der Waals surface area contributed by atoms with Gasteiger partial charge < -0.3 is 20.7 Å². The van der Waals surface area contributed by atoms with Crippen molar-refractivity contribution in [3.63, 3.8) is 0 Å². The number of hydrogen-bond acceptors (Lipinski definition) is 8. The highest BCUT2D eigenvalue weighted by Crippen LogP contribution is 2.29. The van der Waals surface area contributed by atoms with Gasteiger partial charge in [-0.3, -0.25) is 14.3 Å². The smallest absolute Gasteiger partial charge is 0.332 e.